The van der Waals surface area contributed by atoms with E-state index in [4.69, 9.17) is 4.74 Å². The predicted octanol–water partition coefficient (Wildman–Crippen LogP) is 0.477. The van der Waals surface area contributed by atoms with Gasteiger partial charge in [0.1, 0.15) is 11.6 Å². The third kappa shape index (κ3) is 6.53. The molecule has 0 aliphatic heterocycles. The normalized spacial score (nSPS) is 10.3. The molecule has 0 fully saturated rings. The van der Waals surface area contributed by atoms with E-state index in [1.54, 1.807) is 6.92 Å². The molecule has 2 N–H and O–H groups in total. The number of hydrogen-bond donors (Lipinski definition) is 2. The molecule has 0 bridgehead atoms. The number of esters is 1. The number of ether oxygens (including phenoxy) is 1. The van der Waals surface area contributed by atoms with Gasteiger partial charge in [-0.15, -0.1) is 0 Å². The van der Waals surface area contributed by atoms with Gasteiger partial charge in [-0.25, -0.2) is 9.18 Å². The molecule has 2 rings (SSSR count). The van der Waals surface area contributed by atoms with Gasteiger partial charge < -0.3 is 15.4 Å². The van der Waals surface area contributed by atoms with Gasteiger partial charge in [-0.3, -0.25) is 23.5 Å². The summed E-state index contributed by atoms with van der Waals surface area (Å²) in [5, 5.41) is 14.7. The molecular weight excluding hydrogens is 421 g/mol. The number of nitriles is 1. The first kappa shape index (κ1) is 24.3. The Balaban J connectivity index is 2.11. The van der Waals surface area contributed by atoms with E-state index in [1.165, 1.54) is 23.7 Å². The SMILES string of the molecule is CCOC(=O)CCNC(=O)CCNc1cc(=O)n(C)c(=O)n1Cc1cc(F)ccc1C#N. The summed E-state index contributed by atoms with van der Waals surface area (Å²) < 4.78 is 20.5. The predicted molar refractivity (Wildman–Crippen MR) is 114 cm³/mol. The molecule has 1 heterocycles. The van der Waals surface area contributed by atoms with Gasteiger partial charge >= 0.3 is 11.7 Å². The van der Waals surface area contributed by atoms with E-state index in [9.17, 15) is 28.8 Å². The highest BCUT2D eigenvalue weighted by molar-refractivity contribution is 5.77. The van der Waals surface area contributed by atoms with Gasteiger partial charge in [0.25, 0.3) is 5.56 Å². The number of nitrogens with one attached hydrogen (secondary N) is 2. The van der Waals surface area contributed by atoms with Crippen molar-refractivity contribution < 1.29 is 18.7 Å². The fourth-order valence-electron chi connectivity index (χ4n) is 2.87. The van der Waals surface area contributed by atoms with E-state index in [1.807, 2.05) is 6.07 Å². The molecule has 1 aromatic carbocycles. The summed E-state index contributed by atoms with van der Waals surface area (Å²) in [4.78, 5) is 47.9. The van der Waals surface area contributed by atoms with Crippen LogP contribution >= 0.6 is 0 Å². The van der Waals surface area contributed by atoms with Gasteiger partial charge in [0, 0.05) is 32.6 Å². The molecule has 2 aromatic rings. The van der Waals surface area contributed by atoms with E-state index < -0.39 is 23.0 Å². The van der Waals surface area contributed by atoms with Gasteiger partial charge in [0.05, 0.1) is 31.2 Å². The molecule has 11 heteroatoms. The van der Waals surface area contributed by atoms with Crippen molar-refractivity contribution in [2.45, 2.75) is 26.3 Å². The summed E-state index contributed by atoms with van der Waals surface area (Å²) in [7, 11) is 1.30. The minimum atomic E-state index is -0.660. The molecule has 32 heavy (non-hydrogen) atoms. The van der Waals surface area contributed by atoms with Crippen molar-refractivity contribution in [3.63, 3.8) is 0 Å². The number of anilines is 1. The molecule has 0 atom stereocenters. The second kappa shape index (κ2) is 11.5. The minimum absolute atomic E-state index is 0.00956. The lowest BCUT2D eigenvalue weighted by atomic mass is 10.1. The largest absolute Gasteiger partial charge is 0.466 e. The Labute approximate surface area is 183 Å². The van der Waals surface area contributed by atoms with Crippen LogP contribution in [0.5, 0.6) is 0 Å². The lowest BCUT2D eigenvalue weighted by Gasteiger charge is -2.16. The summed E-state index contributed by atoms with van der Waals surface area (Å²) in [5.41, 5.74) is -0.758. The van der Waals surface area contributed by atoms with Gasteiger partial charge in [-0.2, -0.15) is 5.26 Å². The summed E-state index contributed by atoms with van der Waals surface area (Å²) in [5.74, 6) is -1.18. The fraction of sp³-hybridized carbons (Fsp3) is 0.381. The van der Waals surface area contributed by atoms with Gasteiger partial charge in [0.15, 0.2) is 0 Å². The van der Waals surface area contributed by atoms with Gasteiger partial charge in [-0.05, 0) is 30.7 Å². The van der Waals surface area contributed by atoms with E-state index in [2.05, 4.69) is 10.6 Å². The Kier molecular flexibility index (Phi) is 8.71. The van der Waals surface area contributed by atoms with E-state index in [0.717, 1.165) is 16.7 Å². The molecule has 1 aromatic heterocycles. The Morgan fingerprint density at radius 2 is 1.94 bits per heavy atom. The first-order valence-electron chi connectivity index (χ1n) is 9.92. The lowest BCUT2D eigenvalue weighted by molar-refractivity contribution is -0.143. The number of carbonyl (C=O) groups is 2. The molecule has 0 aliphatic carbocycles. The van der Waals surface area contributed by atoms with E-state index >= 15 is 0 Å². The highest BCUT2D eigenvalue weighted by Gasteiger charge is 2.13. The van der Waals surface area contributed by atoms with Crippen LogP contribution in [-0.4, -0.2) is 40.7 Å². The van der Waals surface area contributed by atoms with Crippen LogP contribution in [0.1, 0.15) is 30.9 Å². The molecular formula is C21H24FN5O5. The molecule has 1 amide bonds. The zero-order chi connectivity index (χ0) is 23.7. The van der Waals surface area contributed by atoms with Gasteiger partial charge in [0.2, 0.25) is 5.91 Å². The number of rotatable bonds is 10. The number of aromatic nitrogens is 2. The first-order chi connectivity index (χ1) is 15.3. The second-order valence-corrected chi connectivity index (χ2v) is 6.79. The smallest absolute Gasteiger partial charge is 0.332 e. The Bertz CT molecular complexity index is 1150. The molecule has 0 spiro atoms. The molecule has 0 saturated carbocycles. The molecule has 0 radical (unpaired) electrons. The Morgan fingerprint density at radius 3 is 2.62 bits per heavy atom. The van der Waals surface area contributed by atoms with E-state index in [-0.39, 0.29) is 61.9 Å². The van der Waals surface area contributed by atoms with Crippen LogP contribution < -0.4 is 21.9 Å². The van der Waals surface area contributed by atoms with Crippen LogP contribution in [0.15, 0.2) is 33.9 Å². The fourth-order valence-corrected chi connectivity index (χ4v) is 2.87. The molecule has 0 aliphatic rings. The first-order valence-corrected chi connectivity index (χ1v) is 9.92. The summed E-state index contributed by atoms with van der Waals surface area (Å²) in [6.07, 6.45) is 0.0613. The molecule has 10 nitrogen and oxygen atoms in total. The van der Waals surface area contributed by atoms with Crippen molar-refractivity contribution in [1.29, 1.82) is 5.26 Å². The van der Waals surface area contributed by atoms with Crippen molar-refractivity contribution in [2.24, 2.45) is 7.05 Å². The third-order valence-electron chi connectivity index (χ3n) is 4.53. The second-order valence-electron chi connectivity index (χ2n) is 6.79. The van der Waals surface area contributed by atoms with Crippen LogP contribution in [0.2, 0.25) is 0 Å². The van der Waals surface area contributed by atoms with Crippen molar-refractivity contribution in [3.05, 3.63) is 62.0 Å². The summed E-state index contributed by atoms with van der Waals surface area (Å²) >= 11 is 0. The average molecular weight is 445 g/mol. The maximum absolute atomic E-state index is 13.7. The monoisotopic (exact) mass is 445 g/mol. The minimum Gasteiger partial charge on any atom is -0.466 e. The Morgan fingerprint density at radius 1 is 1.19 bits per heavy atom. The van der Waals surface area contributed by atoms with Crippen LogP contribution in [0.25, 0.3) is 0 Å². The maximum atomic E-state index is 13.7. The van der Waals surface area contributed by atoms with Gasteiger partial charge in [-0.1, -0.05) is 0 Å². The van der Waals surface area contributed by atoms with Crippen LogP contribution in [0, 0.1) is 17.1 Å². The number of nitrogens with zero attached hydrogens (tertiary/aromatic N) is 3. The van der Waals surface area contributed by atoms with Crippen molar-refractivity contribution >= 4 is 17.7 Å². The number of amides is 1. The number of hydrogen-bond acceptors (Lipinski definition) is 7. The maximum Gasteiger partial charge on any atom is 0.332 e. The number of halogens is 1. The highest BCUT2D eigenvalue weighted by Crippen LogP contribution is 2.14. The lowest BCUT2D eigenvalue weighted by Crippen LogP contribution is -2.39. The summed E-state index contributed by atoms with van der Waals surface area (Å²) in [6, 6.07) is 6.74. The number of benzene rings is 1. The average Bonchev–Trinajstić information content (AvgIpc) is 2.75. The number of carbonyl (C=O) groups excluding carboxylic acids is 2. The Hall–Kier alpha value is -3.94. The van der Waals surface area contributed by atoms with Crippen LogP contribution in [0.3, 0.4) is 0 Å². The quantitative estimate of drug-likeness (QED) is 0.508. The molecule has 0 saturated heterocycles. The van der Waals surface area contributed by atoms with Crippen molar-refractivity contribution in [3.8, 4) is 6.07 Å². The van der Waals surface area contributed by atoms with E-state index in [0.29, 0.717) is 0 Å². The highest BCUT2D eigenvalue weighted by atomic mass is 19.1. The topological polar surface area (TPSA) is 135 Å². The zero-order valence-electron chi connectivity index (χ0n) is 17.8. The van der Waals surface area contributed by atoms with Crippen LogP contribution in [0.4, 0.5) is 10.2 Å². The van der Waals surface area contributed by atoms with Crippen LogP contribution in [-0.2, 0) is 27.9 Å². The molecule has 0 unspecified atom stereocenters. The van der Waals surface area contributed by atoms with Crippen molar-refractivity contribution in [1.82, 2.24) is 14.5 Å². The summed E-state index contributed by atoms with van der Waals surface area (Å²) in [6.45, 7) is 2.02. The zero-order valence-corrected chi connectivity index (χ0v) is 17.8. The molecule has 170 valence electrons. The standard InChI is InChI=1S/C21H24FN5O5/c1-3-32-20(30)7-9-25-18(28)6-8-24-17-11-19(29)26(2)21(31)27(17)13-15-10-16(22)5-4-14(15)12-23/h4-5,10-11,24H,3,6-9,13H2,1-2H3,(H,25,28). The van der Waals surface area contributed by atoms with Crippen molar-refractivity contribution in [2.75, 3.05) is 25.0 Å². The third-order valence-corrected chi connectivity index (χ3v) is 4.53.